The van der Waals surface area contributed by atoms with Crippen molar-refractivity contribution in [1.82, 2.24) is 10.6 Å². The first kappa shape index (κ1) is 19.4. The lowest BCUT2D eigenvalue weighted by Gasteiger charge is -2.12. The molecular weight excluding hydrogens is 362 g/mol. The number of esters is 1. The fourth-order valence-electron chi connectivity index (χ4n) is 2.87. The third-order valence-electron chi connectivity index (χ3n) is 4.37. The normalized spacial score (nSPS) is 15.6. The van der Waals surface area contributed by atoms with E-state index in [-0.39, 0.29) is 23.9 Å². The monoisotopic (exact) mass is 383 g/mol. The first-order chi connectivity index (χ1) is 13.5. The maximum Gasteiger partial charge on any atom is 0.415 e. The van der Waals surface area contributed by atoms with Gasteiger partial charge in [0.05, 0.1) is 5.69 Å². The van der Waals surface area contributed by atoms with Gasteiger partial charge in [-0.15, -0.1) is 0 Å². The number of ether oxygens (including phenoxy) is 1. The Bertz CT molecular complexity index is 863. The molecule has 28 heavy (non-hydrogen) atoms. The number of para-hydroxylation sites is 1. The average molecular weight is 383 g/mol. The van der Waals surface area contributed by atoms with Crippen LogP contribution in [0.1, 0.15) is 28.8 Å². The topological polar surface area (TPSA) is 117 Å². The van der Waals surface area contributed by atoms with Gasteiger partial charge in [-0.2, -0.15) is 0 Å². The number of aromatic hydroxyl groups is 1. The van der Waals surface area contributed by atoms with Gasteiger partial charge in [-0.3, -0.25) is 4.79 Å². The molecule has 0 aliphatic carbocycles. The van der Waals surface area contributed by atoms with Crippen LogP contribution in [-0.2, 0) is 16.1 Å². The highest BCUT2D eigenvalue weighted by Gasteiger charge is 2.25. The fraction of sp³-hybridized carbons (Fsp3) is 0.250. The SMILES string of the molecule is O=C(NCc1cccc(NC(=O)c2ccccc2)c1O)OC(=O)[C@@H]1CCCN1. The van der Waals surface area contributed by atoms with Gasteiger partial charge in [-0.25, -0.2) is 9.59 Å². The first-order valence-corrected chi connectivity index (χ1v) is 8.95. The minimum absolute atomic E-state index is 0.0644. The van der Waals surface area contributed by atoms with E-state index >= 15 is 0 Å². The van der Waals surface area contributed by atoms with Gasteiger partial charge in [0.25, 0.3) is 5.91 Å². The average Bonchev–Trinajstić information content (AvgIpc) is 3.24. The van der Waals surface area contributed by atoms with Crippen LogP contribution in [0.25, 0.3) is 0 Å². The number of hydrogen-bond acceptors (Lipinski definition) is 6. The predicted molar refractivity (Wildman–Crippen MR) is 102 cm³/mol. The zero-order chi connectivity index (χ0) is 19.9. The van der Waals surface area contributed by atoms with E-state index in [1.807, 2.05) is 0 Å². The number of amides is 2. The van der Waals surface area contributed by atoms with Crippen molar-refractivity contribution < 1.29 is 24.2 Å². The second-order valence-corrected chi connectivity index (χ2v) is 6.34. The van der Waals surface area contributed by atoms with Crippen molar-refractivity contribution in [1.29, 1.82) is 0 Å². The molecule has 4 N–H and O–H groups in total. The highest BCUT2D eigenvalue weighted by atomic mass is 16.6. The summed E-state index contributed by atoms with van der Waals surface area (Å²) in [5, 5.41) is 18.4. The molecule has 8 nitrogen and oxygen atoms in total. The van der Waals surface area contributed by atoms with Crippen molar-refractivity contribution in [2.45, 2.75) is 25.4 Å². The molecule has 1 aliphatic heterocycles. The summed E-state index contributed by atoms with van der Waals surface area (Å²) in [5.41, 5.74) is 1.04. The van der Waals surface area contributed by atoms with E-state index in [2.05, 4.69) is 16.0 Å². The highest BCUT2D eigenvalue weighted by Crippen LogP contribution is 2.27. The molecule has 1 atom stereocenters. The molecule has 0 aromatic heterocycles. The van der Waals surface area contributed by atoms with Gasteiger partial charge in [-0.1, -0.05) is 30.3 Å². The molecule has 0 radical (unpaired) electrons. The molecule has 0 unspecified atom stereocenters. The van der Waals surface area contributed by atoms with Gasteiger partial charge >= 0.3 is 12.1 Å². The number of alkyl carbamates (subject to hydrolysis) is 1. The van der Waals surface area contributed by atoms with E-state index < -0.39 is 18.1 Å². The Morgan fingerprint density at radius 2 is 1.89 bits per heavy atom. The Balaban J connectivity index is 1.57. The second-order valence-electron chi connectivity index (χ2n) is 6.34. The maximum absolute atomic E-state index is 12.2. The molecule has 0 bridgehead atoms. The largest absolute Gasteiger partial charge is 0.505 e. The van der Waals surface area contributed by atoms with Crippen LogP contribution in [0.3, 0.4) is 0 Å². The number of benzene rings is 2. The molecule has 146 valence electrons. The lowest BCUT2D eigenvalue weighted by Crippen LogP contribution is -2.36. The molecule has 2 aromatic carbocycles. The fourth-order valence-corrected chi connectivity index (χ4v) is 2.87. The number of carbonyl (C=O) groups is 3. The summed E-state index contributed by atoms with van der Waals surface area (Å²) in [4.78, 5) is 35.8. The Hall–Kier alpha value is -3.39. The van der Waals surface area contributed by atoms with Crippen LogP contribution in [0.2, 0.25) is 0 Å². The van der Waals surface area contributed by atoms with Crippen LogP contribution in [0, 0.1) is 0 Å². The lowest BCUT2D eigenvalue weighted by atomic mass is 10.1. The molecule has 1 aliphatic rings. The molecular formula is C20H21N3O5. The van der Waals surface area contributed by atoms with Gasteiger partial charge in [-0.05, 0) is 37.6 Å². The van der Waals surface area contributed by atoms with Crippen molar-refractivity contribution in [3.8, 4) is 5.75 Å². The van der Waals surface area contributed by atoms with Gasteiger partial charge in [0.15, 0.2) is 0 Å². The molecule has 8 heteroatoms. The smallest absolute Gasteiger partial charge is 0.415 e. The van der Waals surface area contributed by atoms with Crippen LogP contribution >= 0.6 is 0 Å². The Morgan fingerprint density at radius 1 is 1.11 bits per heavy atom. The van der Waals surface area contributed by atoms with E-state index in [0.29, 0.717) is 17.5 Å². The van der Waals surface area contributed by atoms with Crippen LogP contribution in [0.15, 0.2) is 48.5 Å². The van der Waals surface area contributed by atoms with Crippen molar-refractivity contribution in [2.75, 3.05) is 11.9 Å². The van der Waals surface area contributed by atoms with Crippen LogP contribution < -0.4 is 16.0 Å². The molecule has 3 rings (SSSR count). The molecule has 2 amide bonds. The Morgan fingerprint density at radius 3 is 2.61 bits per heavy atom. The summed E-state index contributed by atoms with van der Waals surface area (Å²) in [6, 6.07) is 12.9. The van der Waals surface area contributed by atoms with Crippen LogP contribution in [-0.4, -0.2) is 35.7 Å². The standard InChI is InChI=1S/C20H21N3O5/c24-17-14(12-22-20(27)28-19(26)16-10-5-11-21-16)8-4-9-15(17)23-18(25)13-6-2-1-3-7-13/h1-4,6-9,16,21,24H,5,10-12H2,(H,22,27)(H,23,25)/t16-/m0/s1. The third kappa shape index (κ3) is 4.86. The summed E-state index contributed by atoms with van der Waals surface area (Å²) in [6.07, 6.45) is 0.601. The lowest BCUT2D eigenvalue weighted by molar-refractivity contribution is -0.139. The van der Waals surface area contributed by atoms with E-state index in [9.17, 15) is 19.5 Å². The first-order valence-electron chi connectivity index (χ1n) is 8.95. The summed E-state index contributed by atoms with van der Waals surface area (Å²) in [5.74, 6) is -1.16. The van der Waals surface area contributed by atoms with Crippen molar-refractivity contribution in [3.05, 3.63) is 59.7 Å². The number of phenolic OH excluding ortho intramolecular Hbond substituents is 1. The van der Waals surface area contributed by atoms with Crippen molar-refractivity contribution in [3.63, 3.8) is 0 Å². The number of anilines is 1. The van der Waals surface area contributed by atoms with Gasteiger partial charge in [0.1, 0.15) is 11.8 Å². The summed E-state index contributed by atoms with van der Waals surface area (Å²) < 4.78 is 4.75. The van der Waals surface area contributed by atoms with E-state index in [1.165, 1.54) is 0 Å². The number of nitrogens with one attached hydrogen (secondary N) is 3. The van der Waals surface area contributed by atoms with Gasteiger partial charge < -0.3 is 25.8 Å². The number of phenols is 1. The highest BCUT2D eigenvalue weighted by molar-refractivity contribution is 6.05. The molecule has 1 saturated heterocycles. The minimum Gasteiger partial charge on any atom is -0.505 e. The van der Waals surface area contributed by atoms with Crippen LogP contribution in [0.4, 0.5) is 10.5 Å². The minimum atomic E-state index is -0.892. The molecule has 0 spiro atoms. The quantitative estimate of drug-likeness (QED) is 0.357. The number of rotatable bonds is 5. The van der Waals surface area contributed by atoms with E-state index in [4.69, 9.17) is 4.74 Å². The summed E-state index contributed by atoms with van der Waals surface area (Å²) in [7, 11) is 0. The van der Waals surface area contributed by atoms with Gasteiger partial charge in [0.2, 0.25) is 0 Å². The zero-order valence-electron chi connectivity index (χ0n) is 15.1. The van der Waals surface area contributed by atoms with E-state index in [0.717, 1.165) is 13.0 Å². The van der Waals surface area contributed by atoms with Gasteiger partial charge in [0, 0.05) is 17.7 Å². The third-order valence-corrected chi connectivity index (χ3v) is 4.37. The Labute approximate surface area is 161 Å². The Kier molecular flexibility index (Phi) is 6.23. The zero-order valence-corrected chi connectivity index (χ0v) is 15.1. The molecule has 1 fully saturated rings. The summed E-state index contributed by atoms with van der Waals surface area (Å²) >= 11 is 0. The predicted octanol–water partition coefficient (Wildman–Crippen LogP) is 2.15. The number of hydrogen-bond donors (Lipinski definition) is 4. The number of carbonyl (C=O) groups excluding carboxylic acids is 3. The molecule has 0 saturated carbocycles. The van der Waals surface area contributed by atoms with Crippen molar-refractivity contribution >= 4 is 23.7 Å². The molecule has 2 aromatic rings. The van der Waals surface area contributed by atoms with Crippen LogP contribution in [0.5, 0.6) is 5.75 Å². The summed E-state index contributed by atoms with van der Waals surface area (Å²) in [6.45, 7) is 0.655. The second kappa shape index (κ2) is 9.01. The van der Waals surface area contributed by atoms with E-state index in [1.54, 1.807) is 48.5 Å². The molecule has 1 heterocycles. The maximum atomic E-state index is 12.2. The van der Waals surface area contributed by atoms with Crippen molar-refractivity contribution in [2.24, 2.45) is 0 Å².